The lowest BCUT2D eigenvalue weighted by Gasteiger charge is -2.43. The Bertz CT molecular complexity index is 1640. The van der Waals surface area contributed by atoms with Gasteiger partial charge in [-0.1, -0.05) is 62.2 Å². The van der Waals surface area contributed by atoms with Crippen molar-refractivity contribution < 1.29 is 18.7 Å². The van der Waals surface area contributed by atoms with Crippen LogP contribution >= 0.6 is 23.2 Å². The van der Waals surface area contributed by atoms with Crippen LogP contribution in [0.3, 0.4) is 0 Å². The molecule has 4 atom stereocenters. The van der Waals surface area contributed by atoms with Crippen molar-refractivity contribution in [3.05, 3.63) is 81.1 Å². The fraction of sp³-hybridized carbons (Fsp3) is 0.364. The Morgan fingerprint density at radius 2 is 1.88 bits per heavy atom. The van der Waals surface area contributed by atoms with E-state index < -0.39 is 23.1 Å². The van der Waals surface area contributed by atoms with Crippen molar-refractivity contribution in [2.45, 2.75) is 44.9 Å². The molecule has 2 amide bonds. The molecule has 2 N–H and O–H groups in total. The molecule has 2 aliphatic carbocycles. The first kappa shape index (κ1) is 29.9. The average Bonchev–Trinajstić information content (AvgIpc) is 3.28. The Balaban J connectivity index is 1.70. The molecule has 1 saturated carbocycles. The second-order valence-corrected chi connectivity index (χ2v) is 13.0. The Kier molecular flexibility index (Phi) is 7.76. The highest BCUT2D eigenvalue weighted by Gasteiger charge is 2.63. The third-order valence-corrected chi connectivity index (χ3v) is 9.17. The van der Waals surface area contributed by atoms with Crippen LogP contribution in [0.25, 0.3) is 11.1 Å². The lowest BCUT2D eigenvalue weighted by Crippen LogP contribution is -2.42. The molecule has 0 spiro atoms. The number of nitrogens with zero attached hydrogens (tertiary/aromatic N) is 1. The van der Waals surface area contributed by atoms with Crippen molar-refractivity contribution in [1.82, 2.24) is 5.32 Å². The van der Waals surface area contributed by atoms with E-state index in [1.807, 2.05) is 6.07 Å². The number of fused-ring (bicyclic) bond motifs is 6. The standard InChI is InChI=1S/C33H32Cl2FN3O3/c1-32(2,3)15-18-14-21(31(41)39-24-12-9-17(30(40)38-4)13-25(24)42-5)27-19-7-6-8-22(34)26(19)20-10-11-23(35)29(36)28(20)33(18,27)16-37/h6-13,18,21,27H,14-15H2,1-5H3,(H,38,40)(H,39,41)/t18-,21+,27-,33-/m0/s1. The van der Waals surface area contributed by atoms with Gasteiger partial charge in [-0.05, 0) is 65.6 Å². The van der Waals surface area contributed by atoms with Gasteiger partial charge in [0.05, 0.1) is 29.3 Å². The van der Waals surface area contributed by atoms with Crippen molar-refractivity contribution in [2.24, 2.45) is 17.3 Å². The van der Waals surface area contributed by atoms with Gasteiger partial charge < -0.3 is 15.4 Å². The zero-order valence-corrected chi connectivity index (χ0v) is 25.6. The van der Waals surface area contributed by atoms with Gasteiger partial charge in [-0.15, -0.1) is 0 Å². The average molecular weight is 609 g/mol. The molecule has 5 rings (SSSR count). The maximum Gasteiger partial charge on any atom is 0.251 e. The van der Waals surface area contributed by atoms with Crippen LogP contribution in [-0.4, -0.2) is 26.0 Å². The number of benzene rings is 3. The molecular weight excluding hydrogens is 576 g/mol. The predicted octanol–water partition coefficient (Wildman–Crippen LogP) is 7.74. The number of carbonyl (C=O) groups is 2. The molecular formula is C33H32Cl2FN3O3. The minimum atomic E-state index is -1.37. The second kappa shape index (κ2) is 10.9. The smallest absolute Gasteiger partial charge is 0.251 e. The fourth-order valence-electron chi connectivity index (χ4n) is 7.03. The van der Waals surface area contributed by atoms with Crippen molar-refractivity contribution in [3.63, 3.8) is 0 Å². The monoisotopic (exact) mass is 607 g/mol. The zero-order chi connectivity index (χ0) is 30.6. The number of methoxy groups -OCH3 is 1. The predicted molar refractivity (Wildman–Crippen MR) is 163 cm³/mol. The summed E-state index contributed by atoms with van der Waals surface area (Å²) in [5.74, 6) is -2.73. The number of anilines is 1. The highest BCUT2D eigenvalue weighted by atomic mass is 35.5. The zero-order valence-electron chi connectivity index (χ0n) is 24.1. The molecule has 0 heterocycles. The van der Waals surface area contributed by atoms with Crippen molar-refractivity contribution in [2.75, 3.05) is 19.5 Å². The molecule has 2 aliphatic rings. The molecule has 0 radical (unpaired) electrons. The van der Waals surface area contributed by atoms with E-state index in [0.29, 0.717) is 46.0 Å². The summed E-state index contributed by atoms with van der Waals surface area (Å²) in [6.07, 6.45) is 0.920. The van der Waals surface area contributed by atoms with E-state index in [1.165, 1.54) is 20.2 Å². The number of nitrogens with one attached hydrogen (secondary N) is 2. The van der Waals surface area contributed by atoms with Crippen LogP contribution < -0.4 is 15.4 Å². The lowest BCUT2D eigenvalue weighted by molar-refractivity contribution is -0.120. The summed E-state index contributed by atoms with van der Waals surface area (Å²) < 4.78 is 21.7. The van der Waals surface area contributed by atoms with Crippen molar-refractivity contribution >= 4 is 40.7 Å². The summed E-state index contributed by atoms with van der Waals surface area (Å²) in [6.45, 7) is 6.21. The van der Waals surface area contributed by atoms with Gasteiger partial charge >= 0.3 is 0 Å². The third kappa shape index (κ3) is 4.71. The summed E-state index contributed by atoms with van der Waals surface area (Å²) >= 11 is 13.1. The topological polar surface area (TPSA) is 91.2 Å². The third-order valence-electron chi connectivity index (χ3n) is 8.56. The molecule has 218 valence electrons. The van der Waals surface area contributed by atoms with Crippen LogP contribution in [0.1, 0.15) is 61.0 Å². The number of hydrogen-bond acceptors (Lipinski definition) is 4. The highest BCUT2D eigenvalue weighted by Crippen LogP contribution is 2.66. The van der Waals surface area contributed by atoms with Crippen LogP contribution in [0.5, 0.6) is 5.75 Å². The first-order chi connectivity index (χ1) is 19.9. The van der Waals surface area contributed by atoms with Crippen molar-refractivity contribution in [1.29, 1.82) is 5.26 Å². The summed E-state index contributed by atoms with van der Waals surface area (Å²) in [6, 6.07) is 15.9. The van der Waals surface area contributed by atoms with Gasteiger partial charge in [-0.3, -0.25) is 9.59 Å². The number of rotatable bonds is 5. The van der Waals surface area contributed by atoms with E-state index in [0.717, 1.165) is 5.56 Å². The van der Waals surface area contributed by atoms with Gasteiger partial charge in [0.15, 0.2) is 0 Å². The number of hydrogen-bond donors (Lipinski definition) is 2. The second-order valence-electron chi connectivity index (χ2n) is 12.2. The van der Waals surface area contributed by atoms with Gasteiger partial charge in [-0.25, -0.2) is 4.39 Å². The first-order valence-electron chi connectivity index (χ1n) is 13.8. The summed E-state index contributed by atoms with van der Waals surface area (Å²) in [4.78, 5) is 26.4. The van der Waals surface area contributed by atoms with Crippen molar-refractivity contribution in [3.8, 4) is 22.9 Å². The number of carbonyl (C=O) groups excluding carboxylic acids is 2. The van der Waals surface area contributed by atoms with E-state index in [1.54, 1.807) is 36.4 Å². The molecule has 1 fully saturated rings. The highest BCUT2D eigenvalue weighted by molar-refractivity contribution is 6.34. The van der Waals surface area contributed by atoms with Gasteiger partial charge in [-0.2, -0.15) is 5.26 Å². The van der Waals surface area contributed by atoms with E-state index in [4.69, 9.17) is 27.9 Å². The molecule has 0 saturated heterocycles. The van der Waals surface area contributed by atoms with Crippen LogP contribution in [0.2, 0.25) is 10.0 Å². The minimum Gasteiger partial charge on any atom is -0.495 e. The maximum atomic E-state index is 16.2. The first-order valence-corrected chi connectivity index (χ1v) is 14.5. The van der Waals surface area contributed by atoms with E-state index in [2.05, 4.69) is 37.5 Å². The Hall–Kier alpha value is -3.60. The van der Waals surface area contributed by atoms with E-state index in [-0.39, 0.29) is 33.7 Å². The SMILES string of the molecule is CNC(=O)c1ccc(NC(=O)[C@@H]2C[C@@H](CC(C)(C)C)[C@]3(C#N)c4c(ccc(Cl)c4F)-c4c(Cl)cccc4[C@@H]23)c(OC)c1. The molecule has 0 unspecified atom stereocenters. The largest absolute Gasteiger partial charge is 0.495 e. The van der Waals surface area contributed by atoms with E-state index >= 15 is 4.39 Å². The Morgan fingerprint density at radius 1 is 1.14 bits per heavy atom. The molecule has 9 heteroatoms. The number of amides is 2. The normalized spacial score (nSPS) is 22.3. The summed E-state index contributed by atoms with van der Waals surface area (Å²) in [5.41, 5.74) is 1.26. The van der Waals surface area contributed by atoms with Gasteiger partial charge in [0.25, 0.3) is 5.91 Å². The lowest BCUT2D eigenvalue weighted by atomic mass is 9.57. The van der Waals surface area contributed by atoms with Crippen LogP contribution in [0, 0.1) is 34.4 Å². The van der Waals surface area contributed by atoms with Gasteiger partial charge in [0.1, 0.15) is 11.6 Å². The molecule has 6 nitrogen and oxygen atoms in total. The Labute approximate surface area is 255 Å². The number of ether oxygens (including phenoxy) is 1. The molecule has 42 heavy (non-hydrogen) atoms. The van der Waals surface area contributed by atoms with Gasteiger partial charge in [0.2, 0.25) is 5.91 Å². The number of halogens is 3. The van der Waals surface area contributed by atoms with Crippen LogP contribution in [0.15, 0.2) is 48.5 Å². The number of nitriles is 1. The minimum absolute atomic E-state index is 0.0824. The van der Waals surface area contributed by atoms with Crippen LogP contribution in [0.4, 0.5) is 10.1 Å². The van der Waals surface area contributed by atoms with Gasteiger partial charge in [0, 0.05) is 40.6 Å². The molecule has 3 aromatic rings. The quantitative estimate of drug-likeness (QED) is 0.310. The van der Waals surface area contributed by atoms with Crippen LogP contribution in [-0.2, 0) is 10.2 Å². The molecule has 0 bridgehead atoms. The summed E-state index contributed by atoms with van der Waals surface area (Å²) in [7, 11) is 2.99. The fourth-order valence-corrected chi connectivity index (χ4v) is 7.47. The molecule has 0 aliphatic heterocycles. The summed E-state index contributed by atoms with van der Waals surface area (Å²) in [5, 5.41) is 17.0. The Morgan fingerprint density at radius 3 is 2.52 bits per heavy atom. The van der Waals surface area contributed by atoms with E-state index in [9.17, 15) is 14.9 Å². The molecule has 0 aromatic heterocycles. The maximum absolute atomic E-state index is 16.2. The molecule has 3 aromatic carbocycles.